The van der Waals surface area contributed by atoms with Crippen LogP contribution in [0.4, 0.5) is 0 Å². The van der Waals surface area contributed by atoms with E-state index in [1.165, 1.54) is 5.69 Å². The molecule has 100 valence electrons. The molecule has 3 nitrogen and oxygen atoms in total. The maximum Gasteiger partial charge on any atom is 0.0994 e. The molecule has 5 heteroatoms. The predicted molar refractivity (Wildman–Crippen MR) is 78.4 cm³/mol. The van der Waals surface area contributed by atoms with E-state index in [-0.39, 0.29) is 0 Å². The zero-order chi connectivity index (χ0) is 13.2. The van der Waals surface area contributed by atoms with E-state index < -0.39 is 0 Å². The number of rotatable bonds is 2. The highest BCUT2D eigenvalue weighted by Gasteiger charge is 2.20. The third-order valence-electron chi connectivity index (χ3n) is 3.59. The van der Waals surface area contributed by atoms with Gasteiger partial charge in [0.05, 0.1) is 17.0 Å². The number of hydrogen-bond acceptors (Lipinski definition) is 2. The van der Waals surface area contributed by atoms with Gasteiger partial charge in [0, 0.05) is 22.8 Å². The number of benzene rings is 1. The summed E-state index contributed by atoms with van der Waals surface area (Å²) in [6.07, 6.45) is 6.01. The van der Waals surface area contributed by atoms with Crippen LogP contribution in [0.25, 0.3) is 5.69 Å². The van der Waals surface area contributed by atoms with Gasteiger partial charge in [0.1, 0.15) is 0 Å². The van der Waals surface area contributed by atoms with Crippen molar-refractivity contribution in [1.29, 1.82) is 0 Å². The van der Waals surface area contributed by atoms with Gasteiger partial charge in [0.25, 0.3) is 0 Å². The molecule has 0 unspecified atom stereocenters. The van der Waals surface area contributed by atoms with Crippen molar-refractivity contribution in [1.82, 2.24) is 14.9 Å². The Morgan fingerprint density at radius 1 is 1.21 bits per heavy atom. The van der Waals surface area contributed by atoms with Gasteiger partial charge in [-0.05, 0) is 44.1 Å². The molecule has 2 heterocycles. The van der Waals surface area contributed by atoms with Crippen LogP contribution >= 0.6 is 23.2 Å². The number of aromatic nitrogens is 2. The Bertz CT molecular complexity index is 574. The predicted octanol–water partition coefficient (Wildman–Crippen LogP) is 3.65. The summed E-state index contributed by atoms with van der Waals surface area (Å²) in [5.41, 5.74) is 2.12. The van der Waals surface area contributed by atoms with Crippen molar-refractivity contribution in [2.24, 2.45) is 0 Å². The summed E-state index contributed by atoms with van der Waals surface area (Å²) in [6.45, 7) is 2.11. The summed E-state index contributed by atoms with van der Waals surface area (Å²) in [6, 6.07) is 5.51. The zero-order valence-corrected chi connectivity index (χ0v) is 12.0. The first-order chi connectivity index (χ1) is 9.25. The van der Waals surface area contributed by atoms with Crippen LogP contribution in [0, 0.1) is 0 Å². The van der Waals surface area contributed by atoms with Gasteiger partial charge in [-0.2, -0.15) is 0 Å². The fourth-order valence-electron chi connectivity index (χ4n) is 2.60. The number of nitrogens with zero attached hydrogens (tertiary/aromatic N) is 2. The van der Waals surface area contributed by atoms with Crippen LogP contribution in [-0.4, -0.2) is 22.6 Å². The standard InChI is InChI=1S/C14H15Cl2N3/c15-11-1-2-12(16)13(7-11)19-9-18-8-14(19)10-3-5-17-6-4-10/h1-2,7-10,17H,3-6H2. The number of piperidine rings is 1. The maximum absolute atomic E-state index is 6.28. The van der Waals surface area contributed by atoms with Crippen LogP contribution in [0.15, 0.2) is 30.7 Å². The monoisotopic (exact) mass is 295 g/mol. The molecule has 1 aromatic carbocycles. The van der Waals surface area contributed by atoms with Crippen molar-refractivity contribution in [3.05, 3.63) is 46.5 Å². The highest BCUT2D eigenvalue weighted by atomic mass is 35.5. The molecule has 1 N–H and O–H groups in total. The van der Waals surface area contributed by atoms with Crippen LogP contribution in [0.5, 0.6) is 0 Å². The molecular formula is C14H15Cl2N3. The summed E-state index contributed by atoms with van der Waals surface area (Å²) in [7, 11) is 0. The first-order valence-corrected chi connectivity index (χ1v) is 7.19. The Balaban J connectivity index is 2.01. The smallest absolute Gasteiger partial charge is 0.0994 e. The van der Waals surface area contributed by atoms with Crippen molar-refractivity contribution in [3.63, 3.8) is 0 Å². The molecule has 0 spiro atoms. The molecule has 1 saturated heterocycles. The van der Waals surface area contributed by atoms with Crippen LogP contribution < -0.4 is 5.32 Å². The van der Waals surface area contributed by atoms with Crippen molar-refractivity contribution in [2.45, 2.75) is 18.8 Å². The summed E-state index contributed by atoms with van der Waals surface area (Å²) >= 11 is 12.3. The molecule has 1 fully saturated rings. The number of halogens is 2. The van der Waals surface area contributed by atoms with E-state index in [0.29, 0.717) is 16.0 Å². The van der Waals surface area contributed by atoms with Crippen LogP contribution in [0.1, 0.15) is 24.5 Å². The van der Waals surface area contributed by atoms with E-state index in [4.69, 9.17) is 23.2 Å². The van der Waals surface area contributed by atoms with E-state index in [0.717, 1.165) is 31.6 Å². The first-order valence-electron chi connectivity index (χ1n) is 6.44. The quantitative estimate of drug-likeness (QED) is 0.917. The van der Waals surface area contributed by atoms with Gasteiger partial charge in [-0.25, -0.2) is 4.98 Å². The Labute approximate surface area is 122 Å². The van der Waals surface area contributed by atoms with E-state index in [9.17, 15) is 0 Å². The lowest BCUT2D eigenvalue weighted by Crippen LogP contribution is -2.27. The molecule has 0 bridgehead atoms. The molecule has 0 amide bonds. The van der Waals surface area contributed by atoms with Gasteiger partial charge in [0.15, 0.2) is 0 Å². The van der Waals surface area contributed by atoms with E-state index >= 15 is 0 Å². The highest BCUT2D eigenvalue weighted by Crippen LogP contribution is 2.30. The van der Waals surface area contributed by atoms with Gasteiger partial charge >= 0.3 is 0 Å². The maximum atomic E-state index is 6.28. The summed E-state index contributed by atoms with van der Waals surface area (Å²) < 4.78 is 2.06. The molecule has 3 rings (SSSR count). The van der Waals surface area contributed by atoms with Crippen molar-refractivity contribution < 1.29 is 0 Å². The molecule has 1 aliphatic heterocycles. The second-order valence-corrected chi connectivity index (χ2v) is 5.65. The van der Waals surface area contributed by atoms with Gasteiger partial charge < -0.3 is 9.88 Å². The third kappa shape index (κ3) is 2.64. The number of hydrogen-bond donors (Lipinski definition) is 1. The van der Waals surface area contributed by atoms with Gasteiger partial charge in [-0.15, -0.1) is 0 Å². The average molecular weight is 296 g/mol. The van der Waals surface area contributed by atoms with Gasteiger partial charge in [-0.3, -0.25) is 0 Å². The molecule has 0 aliphatic carbocycles. The van der Waals surface area contributed by atoms with Crippen molar-refractivity contribution in [3.8, 4) is 5.69 Å². The largest absolute Gasteiger partial charge is 0.317 e. The average Bonchev–Trinajstić information content (AvgIpc) is 2.91. The second kappa shape index (κ2) is 5.53. The molecule has 19 heavy (non-hydrogen) atoms. The second-order valence-electron chi connectivity index (χ2n) is 4.81. The van der Waals surface area contributed by atoms with Gasteiger partial charge in [0.2, 0.25) is 0 Å². The summed E-state index contributed by atoms with van der Waals surface area (Å²) in [4.78, 5) is 4.29. The number of imidazole rings is 1. The lowest BCUT2D eigenvalue weighted by atomic mass is 9.95. The summed E-state index contributed by atoms with van der Waals surface area (Å²) in [5.74, 6) is 0.527. The highest BCUT2D eigenvalue weighted by molar-refractivity contribution is 6.34. The number of nitrogens with one attached hydrogen (secondary N) is 1. The lowest BCUT2D eigenvalue weighted by Gasteiger charge is -2.24. The molecule has 0 atom stereocenters. The van der Waals surface area contributed by atoms with Crippen LogP contribution in [0.3, 0.4) is 0 Å². The Morgan fingerprint density at radius 3 is 2.79 bits per heavy atom. The fraction of sp³-hybridized carbons (Fsp3) is 0.357. The van der Waals surface area contributed by atoms with Gasteiger partial charge in [-0.1, -0.05) is 23.2 Å². The Hall–Kier alpha value is -1.03. The molecule has 1 aliphatic rings. The Morgan fingerprint density at radius 2 is 2.00 bits per heavy atom. The minimum atomic E-state index is 0.527. The van der Waals surface area contributed by atoms with Crippen LogP contribution in [-0.2, 0) is 0 Å². The fourth-order valence-corrected chi connectivity index (χ4v) is 2.97. The van der Waals surface area contributed by atoms with Crippen molar-refractivity contribution in [2.75, 3.05) is 13.1 Å². The normalized spacial score (nSPS) is 16.7. The van der Waals surface area contributed by atoms with E-state index in [2.05, 4.69) is 14.9 Å². The molecule has 0 saturated carbocycles. The zero-order valence-electron chi connectivity index (χ0n) is 10.4. The first kappa shape index (κ1) is 13.0. The topological polar surface area (TPSA) is 29.9 Å². The Kier molecular flexibility index (Phi) is 3.78. The molecule has 0 radical (unpaired) electrons. The lowest BCUT2D eigenvalue weighted by molar-refractivity contribution is 0.449. The molecule has 1 aromatic heterocycles. The van der Waals surface area contributed by atoms with Crippen molar-refractivity contribution >= 4 is 23.2 Å². The van der Waals surface area contributed by atoms with Crippen LogP contribution in [0.2, 0.25) is 10.0 Å². The minimum Gasteiger partial charge on any atom is -0.317 e. The minimum absolute atomic E-state index is 0.527. The SMILES string of the molecule is Clc1ccc(Cl)c(-n2cncc2C2CCNCC2)c1. The molecule has 2 aromatic rings. The molecular weight excluding hydrogens is 281 g/mol. The third-order valence-corrected chi connectivity index (χ3v) is 4.15. The summed E-state index contributed by atoms with van der Waals surface area (Å²) in [5, 5.41) is 4.76. The van der Waals surface area contributed by atoms with E-state index in [1.54, 1.807) is 6.07 Å². The van der Waals surface area contributed by atoms with E-state index in [1.807, 2.05) is 24.7 Å².